The first kappa shape index (κ1) is 14.6. The van der Waals surface area contributed by atoms with Gasteiger partial charge in [0.05, 0.1) is 13.2 Å². The van der Waals surface area contributed by atoms with Gasteiger partial charge in [0.2, 0.25) is 0 Å². The summed E-state index contributed by atoms with van der Waals surface area (Å²) < 4.78 is 4.55. The monoisotopic (exact) mass is 282 g/mol. The fourth-order valence-electron chi connectivity index (χ4n) is 2.21. The number of amides is 1. The van der Waals surface area contributed by atoms with Gasteiger partial charge in [-0.25, -0.2) is 4.79 Å². The molecule has 0 saturated carbocycles. The number of para-hydroxylation sites is 1. The highest BCUT2D eigenvalue weighted by Crippen LogP contribution is 2.21. The van der Waals surface area contributed by atoms with Crippen LogP contribution >= 0.6 is 0 Å². The van der Waals surface area contributed by atoms with Crippen LogP contribution in [0.2, 0.25) is 0 Å². The van der Waals surface area contributed by atoms with E-state index in [0.29, 0.717) is 0 Å². The van der Waals surface area contributed by atoms with Gasteiger partial charge in [0.1, 0.15) is 12.2 Å². The SMILES string of the molecule is COC(=O)N1C[C@@H](Nc2ccccc2)[C@H](O)[C@H](O)[C@H]1O. The lowest BCUT2D eigenvalue weighted by atomic mass is 9.97. The molecule has 20 heavy (non-hydrogen) atoms. The molecule has 1 aliphatic rings. The number of methoxy groups -OCH3 is 1. The van der Waals surface area contributed by atoms with Crippen molar-refractivity contribution in [3.8, 4) is 0 Å². The second kappa shape index (κ2) is 6.08. The molecule has 0 aliphatic carbocycles. The zero-order valence-corrected chi connectivity index (χ0v) is 11.0. The molecule has 7 heteroatoms. The molecule has 1 aromatic rings. The predicted molar refractivity (Wildman–Crippen MR) is 71.0 cm³/mol. The minimum atomic E-state index is -1.49. The summed E-state index contributed by atoms with van der Waals surface area (Å²) in [7, 11) is 1.19. The Bertz CT molecular complexity index is 455. The molecule has 1 aromatic carbocycles. The Hall–Kier alpha value is -1.83. The maximum Gasteiger partial charge on any atom is 0.411 e. The fourth-order valence-corrected chi connectivity index (χ4v) is 2.21. The smallest absolute Gasteiger partial charge is 0.411 e. The van der Waals surface area contributed by atoms with Gasteiger partial charge in [0, 0.05) is 12.2 Å². The van der Waals surface area contributed by atoms with Gasteiger partial charge < -0.3 is 25.4 Å². The maximum atomic E-state index is 11.6. The number of aliphatic hydroxyl groups is 3. The molecule has 110 valence electrons. The molecule has 1 heterocycles. The highest BCUT2D eigenvalue weighted by atomic mass is 16.5. The van der Waals surface area contributed by atoms with Crippen LogP contribution < -0.4 is 5.32 Å². The molecule has 7 nitrogen and oxygen atoms in total. The van der Waals surface area contributed by atoms with Gasteiger partial charge in [0.25, 0.3) is 0 Å². The summed E-state index contributed by atoms with van der Waals surface area (Å²) in [5.41, 5.74) is 0.741. The number of nitrogens with one attached hydrogen (secondary N) is 1. The van der Waals surface area contributed by atoms with Gasteiger partial charge in [-0.15, -0.1) is 0 Å². The van der Waals surface area contributed by atoms with E-state index >= 15 is 0 Å². The number of carbonyl (C=O) groups is 1. The molecule has 0 bridgehead atoms. The van der Waals surface area contributed by atoms with E-state index in [2.05, 4.69) is 10.1 Å². The van der Waals surface area contributed by atoms with Gasteiger partial charge in [-0.3, -0.25) is 4.90 Å². The highest BCUT2D eigenvalue weighted by Gasteiger charge is 2.43. The lowest BCUT2D eigenvalue weighted by molar-refractivity contribution is -0.149. The first-order chi connectivity index (χ1) is 9.54. The first-order valence-electron chi connectivity index (χ1n) is 6.25. The van der Waals surface area contributed by atoms with E-state index in [9.17, 15) is 20.1 Å². The number of ether oxygens (including phenoxy) is 1. The van der Waals surface area contributed by atoms with E-state index in [1.54, 1.807) is 12.1 Å². The average Bonchev–Trinajstić information content (AvgIpc) is 2.48. The zero-order valence-electron chi connectivity index (χ0n) is 11.0. The molecule has 0 unspecified atom stereocenters. The van der Waals surface area contributed by atoms with Gasteiger partial charge in [0.15, 0.2) is 6.23 Å². The van der Waals surface area contributed by atoms with Crippen molar-refractivity contribution >= 4 is 11.8 Å². The average molecular weight is 282 g/mol. The molecule has 2 rings (SSSR count). The zero-order chi connectivity index (χ0) is 14.7. The Kier molecular flexibility index (Phi) is 4.43. The number of benzene rings is 1. The quantitative estimate of drug-likeness (QED) is 0.588. The van der Waals surface area contributed by atoms with Gasteiger partial charge in [-0.2, -0.15) is 0 Å². The van der Waals surface area contributed by atoms with Crippen molar-refractivity contribution in [2.24, 2.45) is 0 Å². The number of likely N-dealkylation sites (tertiary alicyclic amines) is 1. The Labute approximate surface area is 116 Å². The minimum absolute atomic E-state index is 0.0148. The third-order valence-electron chi connectivity index (χ3n) is 3.32. The van der Waals surface area contributed by atoms with Crippen molar-refractivity contribution in [1.29, 1.82) is 0 Å². The predicted octanol–water partition coefficient (Wildman–Crippen LogP) is -0.411. The number of rotatable bonds is 2. The summed E-state index contributed by atoms with van der Waals surface area (Å²) in [6.45, 7) is 0.0148. The number of anilines is 1. The Morgan fingerprint density at radius 2 is 1.90 bits per heavy atom. The Morgan fingerprint density at radius 1 is 1.25 bits per heavy atom. The van der Waals surface area contributed by atoms with Gasteiger partial charge >= 0.3 is 6.09 Å². The molecule has 0 radical (unpaired) electrons. The fraction of sp³-hybridized carbons (Fsp3) is 0.462. The van der Waals surface area contributed by atoms with Crippen LogP contribution in [0.5, 0.6) is 0 Å². The van der Waals surface area contributed by atoms with E-state index < -0.39 is 30.6 Å². The van der Waals surface area contributed by atoms with Crippen LogP contribution in [-0.2, 0) is 4.74 Å². The summed E-state index contributed by atoms with van der Waals surface area (Å²) in [4.78, 5) is 12.5. The molecule has 4 atom stereocenters. The summed E-state index contributed by atoms with van der Waals surface area (Å²) in [6, 6.07) is 8.47. The minimum Gasteiger partial charge on any atom is -0.453 e. The van der Waals surface area contributed by atoms with E-state index in [0.717, 1.165) is 10.6 Å². The standard InChI is InChI=1S/C13H18N2O5/c1-20-13(19)15-7-9(10(16)11(17)12(15)18)14-8-5-3-2-4-6-8/h2-6,9-12,14,16-18H,7H2,1H3/t9-,10+,11+,12-/m1/s1. The first-order valence-corrected chi connectivity index (χ1v) is 6.25. The van der Waals surface area contributed by atoms with E-state index in [-0.39, 0.29) is 6.54 Å². The second-order valence-electron chi connectivity index (χ2n) is 4.63. The van der Waals surface area contributed by atoms with E-state index in [1.165, 1.54) is 7.11 Å². The van der Waals surface area contributed by atoms with Crippen LogP contribution in [0, 0.1) is 0 Å². The van der Waals surface area contributed by atoms with Crippen LogP contribution in [0.1, 0.15) is 0 Å². The molecule has 0 spiro atoms. The van der Waals surface area contributed by atoms with Crippen LogP contribution in [0.25, 0.3) is 0 Å². The number of carbonyl (C=O) groups excluding carboxylic acids is 1. The lowest BCUT2D eigenvalue weighted by Crippen LogP contribution is -2.64. The van der Waals surface area contributed by atoms with Crippen molar-refractivity contribution in [2.45, 2.75) is 24.5 Å². The van der Waals surface area contributed by atoms with Crippen molar-refractivity contribution in [3.05, 3.63) is 30.3 Å². The highest BCUT2D eigenvalue weighted by molar-refractivity contribution is 5.68. The molecule has 0 aromatic heterocycles. The Morgan fingerprint density at radius 3 is 2.50 bits per heavy atom. The van der Waals surface area contributed by atoms with E-state index in [4.69, 9.17) is 0 Å². The molecule has 1 fully saturated rings. The van der Waals surface area contributed by atoms with Crippen LogP contribution in [-0.4, -0.2) is 64.4 Å². The van der Waals surface area contributed by atoms with Crippen molar-refractivity contribution in [3.63, 3.8) is 0 Å². The number of aliphatic hydroxyl groups excluding tert-OH is 3. The van der Waals surface area contributed by atoms with Gasteiger partial charge in [-0.05, 0) is 12.1 Å². The molecule has 1 amide bonds. The molecular formula is C13H18N2O5. The Balaban J connectivity index is 2.13. The molecule has 1 aliphatic heterocycles. The molecular weight excluding hydrogens is 264 g/mol. The van der Waals surface area contributed by atoms with Crippen molar-refractivity contribution < 1.29 is 24.9 Å². The normalized spacial score (nSPS) is 29.9. The largest absolute Gasteiger partial charge is 0.453 e. The summed E-state index contributed by atoms with van der Waals surface area (Å²) >= 11 is 0. The second-order valence-corrected chi connectivity index (χ2v) is 4.63. The number of hydrogen-bond donors (Lipinski definition) is 4. The third kappa shape index (κ3) is 2.84. The van der Waals surface area contributed by atoms with E-state index in [1.807, 2.05) is 18.2 Å². The topological polar surface area (TPSA) is 102 Å². The van der Waals surface area contributed by atoms with Crippen LogP contribution in [0.4, 0.5) is 10.5 Å². The molecule has 4 N–H and O–H groups in total. The lowest BCUT2D eigenvalue weighted by Gasteiger charge is -2.42. The van der Waals surface area contributed by atoms with Gasteiger partial charge in [-0.1, -0.05) is 18.2 Å². The third-order valence-corrected chi connectivity index (χ3v) is 3.32. The number of nitrogens with zero attached hydrogens (tertiary/aromatic N) is 1. The summed E-state index contributed by atoms with van der Waals surface area (Å²) in [5, 5.41) is 32.6. The summed E-state index contributed by atoms with van der Waals surface area (Å²) in [6.07, 6.45) is -4.93. The maximum absolute atomic E-state index is 11.6. The van der Waals surface area contributed by atoms with Crippen LogP contribution in [0.3, 0.4) is 0 Å². The number of piperidine rings is 1. The van der Waals surface area contributed by atoms with Crippen LogP contribution in [0.15, 0.2) is 30.3 Å². The summed E-state index contributed by atoms with van der Waals surface area (Å²) in [5.74, 6) is 0. The van der Waals surface area contributed by atoms with Crippen molar-refractivity contribution in [1.82, 2.24) is 4.90 Å². The van der Waals surface area contributed by atoms with Crippen molar-refractivity contribution in [2.75, 3.05) is 19.0 Å². The molecule has 1 saturated heterocycles. The number of hydrogen-bond acceptors (Lipinski definition) is 6.